The number of rotatable bonds is 4. The van der Waals surface area contributed by atoms with Crippen LogP contribution in [0.25, 0.3) is 10.9 Å². The lowest BCUT2D eigenvalue weighted by molar-refractivity contribution is -0.119. The van der Waals surface area contributed by atoms with Gasteiger partial charge in [-0.15, -0.1) is 0 Å². The first-order valence-corrected chi connectivity index (χ1v) is 13.4. The highest BCUT2D eigenvalue weighted by atomic mass is 19.1. The van der Waals surface area contributed by atoms with Crippen LogP contribution < -0.4 is 4.90 Å². The molecule has 0 fully saturated rings. The van der Waals surface area contributed by atoms with Crippen LogP contribution in [0.4, 0.5) is 10.1 Å². The molecule has 2 heterocycles. The highest BCUT2D eigenvalue weighted by molar-refractivity contribution is 6.01. The maximum atomic E-state index is 14.0. The first-order valence-electron chi connectivity index (χ1n) is 13.4. The van der Waals surface area contributed by atoms with Crippen molar-refractivity contribution < 1.29 is 14.0 Å². The molecule has 4 rings (SSSR count). The first-order chi connectivity index (χ1) is 17.4. The molecule has 2 amide bonds. The van der Waals surface area contributed by atoms with Crippen LogP contribution in [0.3, 0.4) is 0 Å². The summed E-state index contributed by atoms with van der Waals surface area (Å²) in [5, 5.41) is 0.765. The lowest BCUT2D eigenvalue weighted by Gasteiger charge is -2.30. The minimum atomic E-state index is -0.304. The Hall–Kier alpha value is -3.15. The Kier molecular flexibility index (Phi) is 8.44. The number of para-hydroxylation sites is 1. The molecule has 0 atom stereocenters. The summed E-state index contributed by atoms with van der Waals surface area (Å²) < 4.78 is 14.0. The Bertz CT molecular complexity index is 1220. The van der Waals surface area contributed by atoms with Crippen molar-refractivity contribution in [3.8, 4) is 0 Å². The van der Waals surface area contributed by atoms with Crippen LogP contribution in [0.15, 0.2) is 42.5 Å². The molecule has 0 saturated carbocycles. The van der Waals surface area contributed by atoms with Crippen molar-refractivity contribution in [2.45, 2.75) is 72.3 Å². The van der Waals surface area contributed by atoms with E-state index in [-0.39, 0.29) is 23.5 Å². The number of hydrogen-bond donors (Lipinski definition) is 1. The molecule has 1 N–H and O–H groups in total. The number of halogens is 1. The molecule has 2 aromatic carbocycles. The summed E-state index contributed by atoms with van der Waals surface area (Å²) in [6, 6.07) is 12.6. The molecule has 3 aromatic rings. The van der Waals surface area contributed by atoms with Gasteiger partial charge in [0.05, 0.1) is 0 Å². The first kappa shape index (κ1) is 25.9. The Balaban J connectivity index is 1.72. The summed E-state index contributed by atoms with van der Waals surface area (Å²) in [7, 11) is 0. The van der Waals surface area contributed by atoms with Gasteiger partial charge < -0.3 is 14.8 Å². The third-order valence-corrected chi connectivity index (χ3v) is 7.06. The molecule has 36 heavy (non-hydrogen) atoms. The van der Waals surface area contributed by atoms with Gasteiger partial charge in [-0.3, -0.25) is 9.59 Å². The van der Waals surface area contributed by atoms with Crippen LogP contribution >= 0.6 is 0 Å². The minimum Gasteiger partial charge on any atom is -0.350 e. The second-order valence-corrected chi connectivity index (χ2v) is 10.3. The van der Waals surface area contributed by atoms with E-state index in [1.54, 1.807) is 6.07 Å². The largest absolute Gasteiger partial charge is 0.350 e. The molecule has 0 aliphatic carbocycles. The lowest BCUT2D eigenvalue weighted by Crippen LogP contribution is -2.36. The molecule has 0 saturated heterocycles. The van der Waals surface area contributed by atoms with Crippen LogP contribution in [0.5, 0.6) is 0 Å². The van der Waals surface area contributed by atoms with Gasteiger partial charge in [-0.1, -0.05) is 58.2 Å². The van der Waals surface area contributed by atoms with E-state index in [2.05, 4.69) is 18.8 Å². The number of anilines is 1. The van der Waals surface area contributed by atoms with Gasteiger partial charge in [0.25, 0.3) is 5.91 Å². The van der Waals surface area contributed by atoms with E-state index >= 15 is 0 Å². The molecule has 192 valence electrons. The minimum absolute atomic E-state index is 0.0737. The van der Waals surface area contributed by atoms with Gasteiger partial charge in [-0.05, 0) is 60.6 Å². The average molecular weight is 492 g/mol. The SMILES string of the molecule is CCc1c(C(=O)N2CCCCCCCN(C(=O)CC(C)C)c3ccccc3C2)[nH]c2ccc(F)cc12. The van der Waals surface area contributed by atoms with Gasteiger partial charge in [0.15, 0.2) is 0 Å². The van der Waals surface area contributed by atoms with Crippen molar-refractivity contribution in [2.75, 3.05) is 18.0 Å². The number of carbonyl (C=O) groups is 2. The summed E-state index contributed by atoms with van der Waals surface area (Å²) in [5.74, 6) is 0.0405. The normalized spacial score (nSPS) is 15.5. The number of fused-ring (bicyclic) bond motifs is 2. The van der Waals surface area contributed by atoms with E-state index in [4.69, 9.17) is 0 Å². The standard InChI is InChI=1S/C30H38FN3O2/c1-4-24-25-19-23(31)14-15-26(25)32-29(24)30(36)33-16-10-6-5-7-11-17-34(28(35)18-21(2)3)27-13-9-8-12-22(27)20-33/h8-9,12-15,19,21,32H,4-7,10-11,16-18,20H2,1-3H3. The number of aromatic amines is 1. The van der Waals surface area contributed by atoms with E-state index in [0.29, 0.717) is 38.2 Å². The van der Waals surface area contributed by atoms with E-state index in [9.17, 15) is 14.0 Å². The molecule has 0 unspecified atom stereocenters. The Morgan fingerprint density at radius 3 is 2.47 bits per heavy atom. The molecule has 0 bridgehead atoms. The van der Waals surface area contributed by atoms with E-state index < -0.39 is 0 Å². The number of nitrogens with one attached hydrogen (secondary N) is 1. The average Bonchev–Trinajstić information content (AvgIpc) is 3.21. The zero-order valence-electron chi connectivity index (χ0n) is 21.8. The quantitative estimate of drug-likeness (QED) is 0.434. The molecule has 0 spiro atoms. The molecule has 5 nitrogen and oxygen atoms in total. The third kappa shape index (κ3) is 5.80. The van der Waals surface area contributed by atoms with Gasteiger partial charge in [-0.25, -0.2) is 4.39 Å². The van der Waals surface area contributed by atoms with Crippen LogP contribution in [-0.2, 0) is 17.8 Å². The molecule has 6 heteroatoms. The molecule has 1 aromatic heterocycles. The van der Waals surface area contributed by atoms with Crippen molar-refractivity contribution in [1.82, 2.24) is 9.88 Å². The topological polar surface area (TPSA) is 56.4 Å². The summed E-state index contributed by atoms with van der Waals surface area (Å²) in [6.07, 6.45) is 6.24. The fourth-order valence-electron chi connectivity index (χ4n) is 5.24. The van der Waals surface area contributed by atoms with Crippen molar-refractivity contribution in [3.63, 3.8) is 0 Å². The highest BCUT2D eigenvalue weighted by Crippen LogP contribution is 2.29. The Morgan fingerprint density at radius 2 is 1.72 bits per heavy atom. The number of carbonyl (C=O) groups excluding carboxylic acids is 2. The van der Waals surface area contributed by atoms with E-state index in [0.717, 1.165) is 59.8 Å². The molecule has 1 aliphatic rings. The van der Waals surface area contributed by atoms with Crippen molar-refractivity contribution in [1.29, 1.82) is 0 Å². The van der Waals surface area contributed by atoms with E-state index in [1.807, 2.05) is 41.0 Å². The van der Waals surface area contributed by atoms with Crippen molar-refractivity contribution in [3.05, 3.63) is 65.1 Å². The predicted molar refractivity (Wildman–Crippen MR) is 144 cm³/mol. The molecular weight excluding hydrogens is 453 g/mol. The predicted octanol–water partition coefficient (Wildman–Crippen LogP) is 6.86. The number of amides is 2. The molecule has 0 radical (unpaired) electrons. The Labute approximate surface area is 213 Å². The number of H-pyrrole nitrogens is 1. The van der Waals surface area contributed by atoms with Crippen LogP contribution in [0.1, 0.15) is 80.9 Å². The number of nitrogens with zero attached hydrogens (tertiary/aromatic N) is 2. The number of benzene rings is 2. The lowest BCUT2D eigenvalue weighted by atomic mass is 10.0. The van der Waals surface area contributed by atoms with Gasteiger partial charge in [0.2, 0.25) is 5.91 Å². The molecular formula is C30H38FN3O2. The summed E-state index contributed by atoms with van der Waals surface area (Å²) in [4.78, 5) is 34.3. The number of aryl methyl sites for hydroxylation is 1. The summed E-state index contributed by atoms with van der Waals surface area (Å²) in [6.45, 7) is 7.89. The van der Waals surface area contributed by atoms with Crippen LogP contribution in [-0.4, -0.2) is 34.8 Å². The summed E-state index contributed by atoms with van der Waals surface area (Å²) in [5.41, 5.74) is 4.04. The zero-order chi connectivity index (χ0) is 25.7. The van der Waals surface area contributed by atoms with Gasteiger partial charge in [0, 0.05) is 42.6 Å². The fourth-order valence-corrected chi connectivity index (χ4v) is 5.24. The maximum Gasteiger partial charge on any atom is 0.270 e. The smallest absolute Gasteiger partial charge is 0.270 e. The monoisotopic (exact) mass is 491 g/mol. The van der Waals surface area contributed by atoms with Crippen LogP contribution in [0, 0.1) is 11.7 Å². The van der Waals surface area contributed by atoms with Crippen molar-refractivity contribution in [2.24, 2.45) is 5.92 Å². The fraction of sp³-hybridized carbons (Fsp3) is 0.467. The maximum absolute atomic E-state index is 14.0. The van der Waals surface area contributed by atoms with Gasteiger partial charge >= 0.3 is 0 Å². The highest BCUT2D eigenvalue weighted by Gasteiger charge is 2.25. The Morgan fingerprint density at radius 1 is 1.00 bits per heavy atom. The van der Waals surface area contributed by atoms with Crippen LogP contribution in [0.2, 0.25) is 0 Å². The van der Waals surface area contributed by atoms with Gasteiger partial charge in [-0.2, -0.15) is 0 Å². The second-order valence-electron chi connectivity index (χ2n) is 10.3. The molecule has 1 aliphatic heterocycles. The number of aromatic nitrogens is 1. The third-order valence-electron chi connectivity index (χ3n) is 7.06. The van der Waals surface area contributed by atoms with E-state index in [1.165, 1.54) is 12.1 Å². The zero-order valence-corrected chi connectivity index (χ0v) is 21.8. The summed E-state index contributed by atoms with van der Waals surface area (Å²) >= 11 is 0. The second kappa shape index (κ2) is 11.7. The van der Waals surface area contributed by atoms with Gasteiger partial charge in [0.1, 0.15) is 11.5 Å². The van der Waals surface area contributed by atoms with Crippen molar-refractivity contribution >= 4 is 28.4 Å². The number of hydrogen-bond acceptors (Lipinski definition) is 2.